The van der Waals surface area contributed by atoms with Crippen LogP contribution < -0.4 is 0 Å². The molecule has 5 rings (SSSR count). The molecule has 0 spiro atoms. The lowest BCUT2D eigenvalue weighted by Crippen LogP contribution is -2.60. The van der Waals surface area contributed by atoms with Crippen molar-refractivity contribution >= 4 is 5.97 Å². The summed E-state index contributed by atoms with van der Waals surface area (Å²) in [7, 11) is 0. The number of carbonyl (C=O) groups is 1. The first kappa shape index (κ1) is 47.5. The van der Waals surface area contributed by atoms with Crippen LogP contribution in [0, 0.1) is 52.3 Å². The van der Waals surface area contributed by atoms with E-state index in [1.165, 1.54) is 76.2 Å². The molecule has 4 aliphatic carbocycles. The molecule has 1 saturated heterocycles. The smallest absolute Gasteiger partial charge is 0.305 e. The zero-order valence-electron chi connectivity index (χ0n) is 37.9. The van der Waals surface area contributed by atoms with Crippen LogP contribution >= 0.6 is 0 Å². The van der Waals surface area contributed by atoms with Gasteiger partial charge in [0.05, 0.1) is 6.10 Å². The first-order chi connectivity index (χ1) is 27.8. The summed E-state index contributed by atoms with van der Waals surface area (Å²) in [4.78, 5) is 12.6. The van der Waals surface area contributed by atoms with E-state index in [-0.39, 0.29) is 24.1 Å². The van der Waals surface area contributed by atoms with Crippen molar-refractivity contribution in [3.63, 3.8) is 0 Å². The van der Waals surface area contributed by atoms with Crippen LogP contribution in [0.5, 0.6) is 0 Å². The standard InChI is InChI=1S/C51H86O7/c1-8-9-10-11-12-13-14-15-16-17-18-19-20-21-22-45(52)56-34-44-46(53)47(54)48(55)49(58-44)57-39-29-31-50(6)38(33-39)25-26-40-42-28-27-41(51(42,7)32-30-43(40)50)37(5)24-23-36(4)35(2)3/h14-15,23-25,35-37,39-44,46-49,53-55H,8-13,16-22,26-34H2,1-7H3/b15-14-,24-23+. The molecule has 7 heteroatoms. The molecule has 0 amide bonds. The van der Waals surface area contributed by atoms with Crippen LogP contribution in [0.1, 0.15) is 183 Å². The van der Waals surface area contributed by atoms with Crippen LogP contribution in [-0.4, -0.2) is 64.7 Å². The van der Waals surface area contributed by atoms with E-state index in [4.69, 9.17) is 14.2 Å². The third kappa shape index (κ3) is 11.9. The topological polar surface area (TPSA) is 105 Å². The number of hydrogen-bond donors (Lipinski definition) is 3. The quantitative estimate of drug-likeness (QED) is 0.0568. The van der Waals surface area contributed by atoms with E-state index >= 15 is 0 Å². The summed E-state index contributed by atoms with van der Waals surface area (Å²) >= 11 is 0. The monoisotopic (exact) mass is 811 g/mol. The molecule has 0 aromatic carbocycles. The summed E-state index contributed by atoms with van der Waals surface area (Å²) in [5.41, 5.74) is 2.05. The average molecular weight is 811 g/mol. The molecular weight excluding hydrogens is 725 g/mol. The van der Waals surface area contributed by atoms with Gasteiger partial charge < -0.3 is 29.5 Å². The molecule has 7 nitrogen and oxygen atoms in total. The Bertz CT molecular complexity index is 1340. The molecule has 3 saturated carbocycles. The van der Waals surface area contributed by atoms with Crippen molar-refractivity contribution < 1.29 is 34.3 Å². The number of hydrogen-bond acceptors (Lipinski definition) is 7. The van der Waals surface area contributed by atoms with Crippen LogP contribution in [0.3, 0.4) is 0 Å². The normalized spacial score (nSPS) is 37.4. The maximum atomic E-state index is 12.6. The number of aliphatic hydroxyl groups excluding tert-OH is 3. The van der Waals surface area contributed by atoms with Gasteiger partial charge in [-0.05, 0) is 136 Å². The van der Waals surface area contributed by atoms with Gasteiger partial charge in [0.2, 0.25) is 0 Å². The maximum Gasteiger partial charge on any atom is 0.305 e. The van der Waals surface area contributed by atoms with Crippen LogP contribution in [-0.2, 0) is 19.0 Å². The number of unbranched alkanes of at least 4 members (excludes halogenated alkanes) is 10. The first-order valence-corrected chi connectivity index (χ1v) is 24.3. The van der Waals surface area contributed by atoms with Crippen LogP contribution in [0.25, 0.3) is 0 Å². The Balaban J connectivity index is 1.04. The van der Waals surface area contributed by atoms with Crippen LogP contribution in [0.15, 0.2) is 36.0 Å². The van der Waals surface area contributed by atoms with Gasteiger partial charge in [0.1, 0.15) is 31.0 Å². The number of ether oxygens (including phenoxy) is 3. The molecule has 3 N–H and O–H groups in total. The lowest BCUT2D eigenvalue weighted by Gasteiger charge is -2.58. The number of aliphatic hydroxyl groups is 3. The maximum absolute atomic E-state index is 12.6. The lowest BCUT2D eigenvalue weighted by molar-refractivity contribution is -0.313. The van der Waals surface area contributed by atoms with Crippen LogP contribution in [0.2, 0.25) is 0 Å². The summed E-state index contributed by atoms with van der Waals surface area (Å²) in [6, 6.07) is 0. The van der Waals surface area contributed by atoms with E-state index in [1.807, 2.05) is 0 Å². The van der Waals surface area contributed by atoms with Gasteiger partial charge in [0.25, 0.3) is 0 Å². The highest BCUT2D eigenvalue weighted by atomic mass is 16.7. The molecule has 0 bridgehead atoms. The van der Waals surface area contributed by atoms with Gasteiger partial charge in [-0.2, -0.15) is 0 Å². The molecule has 4 fully saturated rings. The van der Waals surface area contributed by atoms with Crippen molar-refractivity contribution in [2.24, 2.45) is 52.3 Å². The summed E-state index contributed by atoms with van der Waals surface area (Å²) in [5, 5.41) is 32.5. The fourth-order valence-corrected chi connectivity index (χ4v) is 12.1. The first-order valence-electron chi connectivity index (χ1n) is 24.3. The van der Waals surface area contributed by atoms with Crippen molar-refractivity contribution in [1.82, 2.24) is 0 Å². The average Bonchev–Trinajstić information content (AvgIpc) is 3.57. The zero-order valence-corrected chi connectivity index (χ0v) is 37.9. The fraction of sp³-hybridized carbons (Fsp3) is 0.863. The molecule has 1 aliphatic heterocycles. The highest BCUT2D eigenvalue weighted by Gasteiger charge is 2.59. The van der Waals surface area contributed by atoms with E-state index in [9.17, 15) is 20.1 Å². The zero-order chi connectivity index (χ0) is 41.9. The van der Waals surface area contributed by atoms with Crippen molar-refractivity contribution in [3.8, 4) is 0 Å². The van der Waals surface area contributed by atoms with Gasteiger partial charge in [0.15, 0.2) is 6.29 Å². The van der Waals surface area contributed by atoms with Crippen molar-refractivity contribution in [3.05, 3.63) is 36.0 Å². The summed E-state index contributed by atoms with van der Waals surface area (Å²) in [6.07, 6.45) is 29.4. The predicted octanol–water partition coefficient (Wildman–Crippen LogP) is 11.4. The number of fused-ring (bicyclic) bond motifs is 5. The van der Waals surface area contributed by atoms with E-state index in [0.717, 1.165) is 75.5 Å². The summed E-state index contributed by atoms with van der Waals surface area (Å²) < 4.78 is 18.0. The Hall–Kier alpha value is -1.51. The molecular formula is C51H86O7. The molecule has 0 radical (unpaired) electrons. The van der Waals surface area contributed by atoms with E-state index in [2.05, 4.69) is 78.8 Å². The van der Waals surface area contributed by atoms with Crippen molar-refractivity contribution in [2.45, 2.75) is 220 Å². The Morgan fingerprint density at radius 1 is 0.828 bits per heavy atom. The van der Waals surface area contributed by atoms with Crippen molar-refractivity contribution in [1.29, 1.82) is 0 Å². The van der Waals surface area contributed by atoms with Gasteiger partial charge in [0, 0.05) is 6.42 Å². The number of carbonyl (C=O) groups excluding carboxylic acids is 1. The molecule has 0 aromatic rings. The van der Waals surface area contributed by atoms with Gasteiger partial charge in [-0.15, -0.1) is 0 Å². The fourth-order valence-electron chi connectivity index (χ4n) is 12.1. The summed E-state index contributed by atoms with van der Waals surface area (Å²) in [6.45, 7) is 16.7. The van der Waals surface area contributed by atoms with Gasteiger partial charge in [-0.1, -0.05) is 129 Å². The van der Waals surface area contributed by atoms with Gasteiger partial charge in [-0.25, -0.2) is 0 Å². The largest absolute Gasteiger partial charge is 0.463 e. The molecule has 332 valence electrons. The minimum Gasteiger partial charge on any atom is -0.463 e. The van der Waals surface area contributed by atoms with Crippen LogP contribution in [0.4, 0.5) is 0 Å². The molecule has 1 heterocycles. The van der Waals surface area contributed by atoms with Gasteiger partial charge >= 0.3 is 5.97 Å². The van der Waals surface area contributed by atoms with Gasteiger partial charge in [-0.3, -0.25) is 4.79 Å². The van der Waals surface area contributed by atoms with E-state index < -0.39 is 30.7 Å². The van der Waals surface area contributed by atoms with E-state index in [1.54, 1.807) is 0 Å². The number of rotatable bonds is 22. The Labute approximate surface area is 354 Å². The molecule has 58 heavy (non-hydrogen) atoms. The molecule has 5 aliphatic rings. The van der Waals surface area contributed by atoms with E-state index in [0.29, 0.717) is 35.5 Å². The second-order valence-corrected chi connectivity index (χ2v) is 20.5. The molecule has 0 aromatic heterocycles. The number of esters is 1. The van der Waals surface area contributed by atoms with Crippen molar-refractivity contribution in [2.75, 3.05) is 6.61 Å². The minimum atomic E-state index is -1.45. The molecule has 14 atom stereocenters. The Morgan fingerprint density at radius 2 is 1.52 bits per heavy atom. The third-order valence-electron chi connectivity index (χ3n) is 16.3. The lowest BCUT2D eigenvalue weighted by atomic mass is 9.47. The molecule has 14 unspecified atom stereocenters. The Kier molecular flexibility index (Phi) is 18.5. The highest BCUT2D eigenvalue weighted by molar-refractivity contribution is 5.69. The Morgan fingerprint density at radius 3 is 2.22 bits per heavy atom. The predicted molar refractivity (Wildman–Crippen MR) is 235 cm³/mol. The second kappa shape index (κ2) is 22.5. The number of allylic oxidation sites excluding steroid dienone is 5. The minimum absolute atomic E-state index is 0.150. The third-order valence-corrected chi connectivity index (χ3v) is 16.3. The SMILES string of the molecule is CCCCCCC/C=C\CCCCCCCC(=O)OCC1OC(OC2CCC3(C)C(=CCC4C3CCC3(C)C(C(C)/C=C/C(C)C(C)C)CCC43)C2)C(O)C(O)C1O. The highest BCUT2D eigenvalue weighted by Crippen LogP contribution is 2.67. The summed E-state index contributed by atoms with van der Waals surface area (Å²) in [5.74, 6) is 4.53. The second-order valence-electron chi connectivity index (χ2n) is 20.5.